The van der Waals surface area contributed by atoms with E-state index in [1.807, 2.05) is 0 Å². The van der Waals surface area contributed by atoms with E-state index in [9.17, 15) is 14.4 Å². The molecule has 1 aromatic heterocycles. The van der Waals surface area contributed by atoms with E-state index < -0.39 is 5.92 Å². The molecule has 0 radical (unpaired) electrons. The fourth-order valence-electron chi connectivity index (χ4n) is 2.11. The lowest BCUT2D eigenvalue weighted by Gasteiger charge is -2.14. The lowest BCUT2D eigenvalue weighted by atomic mass is 9.90. The first-order chi connectivity index (χ1) is 11.0. The second kappa shape index (κ2) is 10.2. The van der Waals surface area contributed by atoms with Crippen molar-refractivity contribution in [2.75, 3.05) is 20.3 Å². The van der Waals surface area contributed by atoms with Crippen LogP contribution in [0.15, 0.2) is 22.9 Å². The summed E-state index contributed by atoms with van der Waals surface area (Å²) in [5.74, 6) is -1.80. The van der Waals surface area contributed by atoms with Crippen LogP contribution in [0.4, 0.5) is 0 Å². The van der Waals surface area contributed by atoms with E-state index in [1.165, 1.54) is 13.3 Å². The molecule has 1 unspecified atom stereocenters. The topological polar surface area (TPSA) is 82.6 Å². The number of hydrogen-bond acceptors (Lipinski definition) is 6. The molecule has 0 aliphatic rings. The zero-order chi connectivity index (χ0) is 17.2. The fraction of sp³-hybridized carbons (Fsp3) is 0.500. The molecular weight excluding hydrogens is 366 g/mol. The number of rotatable bonds is 10. The zero-order valence-electron chi connectivity index (χ0n) is 13.2. The van der Waals surface area contributed by atoms with Crippen molar-refractivity contribution in [3.63, 3.8) is 0 Å². The van der Waals surface area contributed by atoms with Gasteiger partial charge in [-0.3, -0.25) is 19.4 Å². The molecule has 0 fully saturated rings. The first kappa shape index (κ1) is 19.4. The van der Waals surface area contributed by atoms with Gasteiger partial charge in [0.1, 0.15) is 6.61 Å². The third kappa shape index (κ3) is 6.58. The second-order valence-corrected chi connectivity index (χ2v) is 5.82. The molecule has 7 heteroatoms. The summed E-state index contributed by atoms with van der Waals surface area (Å²) in [4.78, 5) is 40.0. The highest BCUT2D eigenvalue weighted by molar-refractivity contribution is 9.10. The number of nitrogens with zero attached hydrogens (tertiary/aromatic N) is 1. The van der Waals surface area contributed by atoms with E-state index >= 15 is 0 Å². The minimum absolute atomic E-state index is 0.142. The summed E-state index contributed by atoms with van der Waals surface area (Å²) < 4.78 is 10.3. The van der Waals surface area contributed by atoms with Crippen LogP contribution in [0, 0.1) is 5.92 Å². The Bertz CT molecular complexity index is 561. The van der Waals surface area contributed by atoms with E-state index in [4.69, 9.17) is 9.47 Å². The van der Waals surface area contributed by atoms with Gasteiger partial charge in [-0.25, -0.2) is 0 Å². The van der Waals surface area contributed by atoms with Crippen molar-refractivity contribution in [1.82, 2.24) is 4.98 Å². The number of ether oxygens (including phenoxy) is 2. The first-order valence-corrected chi connectivity index (χ1v) is 8.10. The second-order valence-electron chi connectivity index (χ2n) is 4.91. The van der Waals surface area contributed by atoms with Crippen molar-refractivity contribution in [3.05, 3.63) is 28.5 Å². The summed E-state index contributed by atoms with van der Waals surface area (Å²) >= 11 is 3.25. The van der Waals surface area contributed by atoms with Gasteiger partial charge in [0.05, 0.1) is 12.5 Å². The maximum atomic E-state index is 12.6. The number of Topliss-reactive ketones (excluding diaryl/α,β-unsaturated/α-hetero) is 2. The van der Waals surface area contributed by atoms with E-state index in [1.54, 1.807) is 19.2 Å². The van der Waals surface area contributed by atoms with Gasteiger partial charge in [-0.1, -0.05) is 0 Å². The van der Waals surface area contributed by atoms with Crippen LogP contribution in [0.1, 0.15) is 36.5 Å². The van der Waals surface area contributed by atoms with Gasteiger partial charge in [0, 0.05) is 36.0 Å². The van der Waals surface area contributed by atoms with Crippen LogP contribution < -0.4 is 0 Å². The van der Waals surface area contributed by atoms with Crippen molar-refractivity contribution in [2.45, 2.75) is 26.2 Å². The van der Waals surface area contributed by atoms with Crippen LogP contribution >= 0.6 is 15.9 Å². The first-order valence-electron chi connectivity index (χ1n) is 7.31. The fourth-order valence-corrected chi connectivity index (χ4v) is 2.48. The van der Waals surface area contributed by atoms with Gasteiger partial charge in [-0.2, -0.15) is 0 Å². The Morgan fingerprint density at radius 2 is 2.04 bits per heavy atom. The maximum Gasteiger partial charge on any atom is 0.305 e. The highest BCUT2D eigenvalue weighted by Gasteiger charge is 2.27. The van der Waals surface area contributed by atoms with Gasteiger partial charge < -0.3 is 9.47 Å². The molecule has 6 nitrogen and oxygen atoms in total. The number of esters is 1. The molecule has 1 rings (SSSR count). The average molecular weight is 386 g/mol. The Labute approximate surface area is 143 Å². The van der Waals surface area contributed by atoms with Gasteiger partial charge in [0.2, 0.25) is 0 Å². The SMILES string of the molecule is CCOC(=O)CCCC(C(=O)COC)C(=O)c1cncc(Br)c1. The molecule has 23 heavy (non-hydrogen) atoms. The van der Waals surface area contributed by atoms with Gasteiger partial charge in [0.25, 0.3) is 0 Å². The van der Waals surface area contributed by atoms with Crippen LogP contribution in [0.3, 0.4) is 0 Å². The van der Waals surface area contributed by atoms with Crippen LogP contribution in [-0.2, 0) is 19.1 Å². The Morgan fingerprint density at radius 1 is 1.30 bits per heavy atom. The molecule has 0 spiro atoms. The largest absolute Gasteiger partial charge is 0.466 e. The Morgan fingerprint density at radius 3 is 2.65 bits per heavy atom. The van der Waals surface area contributed by atoms with Crippen molar-refractivity contribution < 1.29 is 23.9 Å². The number of carbonyl (C=O) groups excluding carboxylic acids is 3. The predicted octanol–water partition coefficient (Wildman–Crippen LogP) is 2.59. The number of carbonyl (C=O) groups is 3. The predicted molar refractivity (Wildman–Crippen MR) is 87.1 cm³/mol. The number of halogens is 1. The van der Waals surface area contributed by atoms with Crippen LogP contribution in [0.5, 0.6) is 0 Å². The van der Waals surface area contributed by atoms with Crippen LogP contribution in [0.25, 0.3) is 0 Å². The van der Waals surface area contributed by atoms with E-state index in [-0.39, 0.29) is 37.0 Å². The molecule has 0 saturated heterocycles. The summed E-state index contributed by atoms with van der Waals surface area (Å²) in [6.07, 6.45) is 3.82. The van der Waals surface area contributed by atoms with Crippen molar-refractivity contribution >= 4 is 33.5 Å². The van der Waals surface area contributed by atoms with E-state index in [0.717, 1.165) is 0 Å². The Balaban J connectivity index is 2.77. The van der Waals surface area contributed by atoms with Gasteiger partial charge in [-0.15, -0.1) is 0 Å². The highest BCUT2D eigenvalue weighted by Crippen LogP contribution is 2.19. The summed E-state index contributed by atoms with van der Waals surface area (Å²) in [6.45, 7) is 1.90. The van der Waals surface area contributed by atoms with Gasteiger partial charge in [0.15, 0.2) is 11.6 Å². The smallest absolute Gasteiger partial charge is 0.305 e. The molecule has 0 aliphatic carbocycles. The van der Waals surface area contributed by atoms with Gasteiger partial charge in [-0.05, 0) is 41.8 Å². The van der Waals surface area contributed by atoms with Crippen molar-refractivity contribution in [2.24, 2.45) is 5.92 Å². The number of methoxy groups -OCH3 is 1. The number of hydrogen-bond donors (Lipinski definition) is 0. The third-order valence-corrected chi connectivity index (χ3v) is 3.59. The summed E-state index contributed by atoms with van der Waals surface area (Å²) in [7, 11) is 1.40. The van der Waals surface area contributed by atoms with Crippen LogP contribution in [-0.4, -0.2) is 42.8 Å². The summed E-state index contributed by atoms with van der Waals surface area (Å²) in [5.41, 5.74) is 0.352. The number of ketones is 2. The molecule has 0 saturated carbocycles. The summed E-state index contributed by atoms with van der Waals surface area (Å²) in [5, 5.41) is 0. The Kier molecular flexibility index (Phi) is 8.65. The molecule has 0 N–H and O–H groups in total. The van der Waals surface area contributed by atoms with E-state index in [0.29, 0.717) is 23.1 Å². The maximum absolute atomic E-state index is 12.6. The molecule has 1 aromatic rings. The normalized spacial score (nSPS) is 11.8. The quantitative estimate of drug-likeness (QED) is 0.349. The molecule has 1 atom stereocenters. The molecule has 0 aliphatic heterocycles. The summed E-state index contributed by atoms with van der Waals surface area (Å²) in [6, 6.07) is 1.62. The van der Waals surface area contributed by atoms with E-state index in [2.05, 4.69) is 20.9 Å². The lowest BCUT2D eigenvalue weighted by Crippen LogP contribution is -2.28. The average Bonchev–Trinajstić information content (AvgIpc) is 2.51. The lowest BCUT2D eigenvalue weighted by molar-refractivity contribution is -0.143. The molecule has 126 valence electrons. The zero-order valence-corrected chi connectivity index (χ0v) is 14.8. The molecule has 0 amide bonds. The molecule has 0 bridgehead atoms. The standard InChI is InChI=1S/C16H20BrNO5/c1-3-23-15(20)6-4-5-13(14(19)10-22-2)16(21)11-7-12(17)9-18-8-11/h7-9,13H,3-6,10H2,1-2H3. The number of pyridine rings is 1. The Hall–Kier alpha value is -1.60. The third-order valence-electron chi connectivity index (χ3n) is 3.16. The van der Waals surface area contributed by atoms with Crippen molar-refractivity contribution in [3.8, 4) is 0 Å². The number of aromatic nitrogens is 1. The molecule has 1 heterocycles. The monoisotopic (exact) mass is 385 g/mol. The van der Waals surface area contributed by atoms with Crippen molar-refractivity contribution in [1.29, 1.82) is 0 Å². The minimum atomic E-state index is -0.847. The van der Waals surface area contributed by atoms with Crippen LogP contribution in [0.2, 0.25) is 0 Å². The minimum Gasteiger partial charge on any atom is -0.466 e. The molecule has 0 aromatic carbocycles. The molecular formula is C16H20BrNO5. The highest BCUT2D eigenvalue weighted by atomic mass is 79.9. The van der Waals surface area contributed by atoms with Gasteiger partial charge >= 0.3 is 5.97 Å².